The maximum Gasteiger partial charge on any atom is 0.326 e. The van der Waals surface area contributed by atoms with Crippen molar-refractivity contribution in [2.75, 3.05) is 5.32 Å². The number of nitrogens with one attached hydrogen (secondary N) is 1. The maximum atomic E-state index is 13.6. The van der Waals surface area contributed by atoms with Gasteiger partial charge in [-0.15, -0.1) is 0 Å². The summed E-state index contributed by atoms with van der Waals surface area (Å²) in [5.41, 5.74) is 1.32. The van der Waals surface area contributed by atoms with Crippen LogP contribution in [0.5, 0.6) is 0 Å². The van der Waals surface area contributed by atoms with Crippen LogP contribution < -0.4 is 5.32 Å². The Morgan fingerprint density at radius 3 is 2.60 bits per heavy atom. The van der Waals surface area contributed by atoms with Crippen molar-refractivity contribution in [3.63, 3.8) is 0 Å². The summed E-state index contributed by atoms with van der Waals surface area (Å²) in [4.78, 5) is 25.8. The Morgan fingerprint density at radius 1 is 1.16 bits per heavy atom. The number of carbonyl (C=O) groups is 2. The molecular weight excluding hydrogens is 326 g/mol. The molecule has 0 unspecified atom stereocenters. The zero-order valence-corrected chi connectivity index (χ0v) is 13.5. The molecule has 1 atom stereocenters. The van der Waals surface area contributed by atoms with E-state index in [-0.39, 0.29) is 12.2 Å². The highest BCUT2D eigenvalue weighted by Crippen LogP contribution is 2.29. The second-order valence-corrected chi connectivity index (χ2v) is 5.80. The minimum Gasteiger partial charge on any atom is -0.307 e. The van der Waals surface area contributed by atoms with E-state index < -0.39 is 23.7 Å². The van der Waals surface area contributed by atoms with E-state index in [9.17, 15) is 18.4 Å². The molecule has 3 rings (SSSR count). The number of halogens is 2. The summed E-state index contributed by atoms with van der Waals surface area (Å²) in [5.74, 6) is -0.939. The molecule has 1 heterocycles. The second kappa shape index (κ2) is 6.84. The molecule has 2 aromatic rings. The van der Waals surface area contributed by atoms with Gasteiger partial charge in [-0.3, -0.25) is 9.69 Å². The van der Waals surface area contributed by atoms with Gasteiger partial charge in [0.15, 0.2) is 5.78 Å². The van der Waals surface area contributed by atoms with Gasteiger partial charge < -0.3 is 5.32 Å². The Morgan fingerprint density at radius 2 is 1.88 bits per heavy atom. The largest absolute Gasteiger partial charge is 0.326 e. The first-order valence-corrected chi connectivity index (χ1v) is 7.76. The maximum absolute atomic E-state index is 13.6. The topological polar surface area (TPSA) is 49.4 Å². The van der Waals surface area contributed by atoms with E-state index in [1.54, 1.807) is 25.1 Å². The predicted octanol–water partition coefficient (Wildman–Crippen LogP) is 4.33. The lowest BCUT2D eigenvalue weighted by Gasteiger charge is -2.31. The number of hydrogen-bond donors (Lipinski definition) is 1. The van der Waals surface area contributed by atoms with Gasteiger partial charge in [0, 0.05) is 23.9 Å². The van der Waals surface area contributed by atoms with E-state index in [1.807, 2.05) is 0 Å². The van der Waals surface area contributed by atoms with Gasteiger partial charge in [-0.25, -0.2) is 13.6 Å². The number of rotatable bonds is 2. The number of allylic oxidation sites excluding steroid dienone is 1. The van der Waals surface area contributed by atoms with Crippen LogP contribution in [-0.2, 0) is 4.79 Å². The molecule has 1 N–H and O–H groups in total. The van der Waals surface area contributed by atoms with Crippen LogP contribution in [0.2, 0.25) is 0 Å². The number of anilines is 1. The molecule has 25 heavy (non-hydrogen) atoms. The molecule has 1 aliphatic rings. The molecule has 2 amide bonds. The molecule has 2 aromatic carbocycles. The lowest BCUT2D eigenvalue weighted by atomic mass is 9.97. The zero-order chi connectivity index (χ0) is 18.0. The fourth-order valence-electron chi connectivity index (χ4n) is 2.72. The fourth-order valence-corrected chi connectivity index (χ4v) is 2.72. The highest BCUT2D eigenvalue weighted by molar-refractivity contribution is 5.96. The minimum atomic E-state index is -0.549. The van der Waals surface area contributed by atoms with E-state index in [2.05, 4.69) is 5.32 Å². The Bertz CT molecular complexity index is 847. The quantitative estimate of drug-likeness (QED) is 0.883. The zero-order valence-electron chi connectivity index (χ0n) is 13.5. The average Bonchev–Trinajstić information content (AvgIpc) is 2.59. The van der Waals surface area contributed by atoms with Crippen LogP contribution in [0.15, 0.2) is 54.7 Å². The third kappa shape index (κ3) is 3.57. The third-order valence-corrected chi connectivity index (χ3v) is 4.15. The molecule has 0 aliphatic carbocycles. The van der Waals surface area contributed by atoms with Gasteiger partial charge >= 0.3 is 6.03 Å². The number of nitrogens with zero attached hydrogens (tertiary/aromatic N) is 1. The first-order chi connectivity index (χ1) is 12.0. The predicted molar refractivity (Wildman–Crippen MR) is 89.9 cm³/mol. The number of urea groups is 1. The Balaban J connectivity index is 1.88. The molecule has 1 aliphatic heterocycles. The van der Waals surface area contributed by atoms with Crippen LogP contribution in [-0.4, -0.2) is 16.7 Å². The molecule has 0 saturated carbocycles. The van der Waals surface area contributed by atoms with E-state index in [0.717, 1.165) is 0 Å². The molecule has 0 saturated heterocycles. The summed E-state index contributed by atoms with van der Waals surface area (Å²) < 4.78 is 26.8. The van der Waals surface area contributed by atoms with Crippen molar-refractivity contribution in [2.45, 2.75) is 19.4 Å². The molecule has 4 nitrogen and oxygen atoms in total. The third-order valence-electron chi connectivity index (χ3n) is 4.15. The number of carbonyl (C=O) groups excluding carboxylic acids is 2. The second-order valence-electron chi connectivity index (χ2n) is 5.80. The molecule has 0 aromatic heterocycles. The Kier molecular flexibility index (Phi) is 4.61. The molecule has 0 spiro atoms. The monoisotopic (exact) mass is 342 g/mol. The fraction of sp³-hybridized carbons (Fsp3) is 0.158. The Labute approximate surface area is 143 Å². The summed E-state index contributed by atoms with van der Waals surface area (Å²) in [6.07, 6.45) is 2.81. The van der Waals surface area contributed by atoms with Gasteiger partial charge in [-0.2, -0.15) is 0 Å². The summed E-state index contributed by atoms with van der Waals surface area (Å²) >= 11 is 0. The molecule has 128 valence electrons. The van der Waals surface area contributed by atoms with Crippen molar-refractivity contribution < 1.29 is 18.4 Å². The first-order valence-electron chi connectivity index (χ1n) is 7.76. The van der Waals surface area contributed by atoms with E-state index in [4.69, 9.17) is 0 Å². The standard InChI is InChI=1S/C19H16F2N2O2/c1-12-16(21)3-2-4-17(12)22-19(25)23-10-9-15(24)11-18(23)13-5-7-14(20)8-6-13/h2-10,18H,11H2,1H3,(H,22,25)/t18-/m0/s1. The van der Waals surface area contributed by atoms with Crippen LogP contribution in [0, 0.1) is 18.6 Å². The highest BCUT2D eigenvalue weighted by atomic mass is 19.1. The lowest BCUT2D eigenvalue weighted by molar-refractivity contribution is -0.116. The van der Waals surface area contributed by atoms with E-state index in [1.165, 1.54) is 41.4 Å². The smallest absolute Gasteiger partial charge is 0.307 e. The van der Waals surface area contributed by atoms with Crippen molar-refractivity contribution in [3.05, 3.63) is 77.5 Å². The number of amides is 2. The summed E-state index contributed by atoms with van der Waals surface area (Å²) in [6.45, 7) is 1.57. The summed E-state index contributed by atoms with van der Waals surface area (Å²) in [5, 5.41) is 2.66. The summed E-state index contributed by atoms with van der Waals surface area (Å²) in [6, 6.07) is 9.02. The van der Waals surface area contributed by atoms with Gasteiger partial charge in [-0.1, -0.05) is 18.2 Å². The highest BCUT2D eigenvalue weighted by Gasteiger charge is 2.29. The minimum absolute atomic E-state index is 0.0949. The SMILES string of the molecule is Cc1c(F)cccc1NC(=O)N1C=CC(=O)C[C@H]1c1ccc(F)cc1. The van der Waals surface area contributed by atoms with Crippen LogP contribution in [0.25, 0.3) is 0 Å². The number of hydrogen-bond acceptors (Lipinski definition) is 2. The number of benzene rings is 2. The van der Waals surface area contributed by atoms with Crippen molar-refractivity contribution in [1.82, 2.24) is 4.90 Å². The van der Waals surface area contributed by atoms with Crippen molar-refractivity contribution >= 4 is 17.5 Å². The normalized spacial score (nSPS) is 16.8. The molecule has 0 radical (unpaired) electrons. The summed E-state index contributed by atoms with van der Waals surface area (Å²) in [7, 11) is 0. The van der Waals surface area contributed by atoms with Gasteiger partial charge in [0.05, 0.1) is 6.04 Å². The van der Waals surface area contributed by atoms with Crippen molar-refractivity contribution in [3.8, 4) is 0 Å². The van der Waals surface area contributed by atoms with Gasteiger partial charge in [0.1, 0.15) is 11.6 Å². The lowest BCUT2D eigenvalue weighted by Crippen LogP contribution is -2.37. The molecule has 0 fully saturated rings. The van der Waals surface area contributed by atoms with Crippen molar-refractivity contribution in [2.24, 2.45) is 0 Å². The van der Waals surface area contributed by atoms with Crippen molar-refractivity contribution in [1.29, 1.82) is 0 Å². The Hall–Kier alpha value is -3.02. The van der Waals surface area contributed by atoms with Crippen LogP contribution in [0.1, 0.15) is 23.6 Å². The first kappa shape index (κ1) is 16.8. The van der Waals surface area contributed by atoms with Gasteiger partial charge in [0.25, 0.3) is 0 Å². The number of ketones is 1. The van der Waals surface area contributed by atoms with Gasteiger partial charge in [0.2, 0.25) is 0 Å². The average molecular weight is 342 g/mol. The van der Waals surface area contributed by atoms with E-state index in [0.29, 0.717) is 16.8 Å². The van der Waals surface area contributed by atoms with Crippen LogP contribution in [0.4, 0.5) is 19.3 Å². The molecule has 6 heteroatoms. The van der Waals surface area contributed by atoms with E-state index >= 15 is 0 Å². The van der Waals surface area contributed by atoms with Crippen LogP contribution >= 0.6 is 0 Å². The molecule has 0 bridgehead atoms. The molecular formula is C19H16F2N2O2. The van der Waals surface area contributed by atoms with Crippen LogP contribution in [0.3, 0.4) is 0 Å². The van der Waals surface area contributed by atoms with Gasteiger partial charge in [-0.05, 0) is 42.8 Å².